The molecule has 1 aliphatic heterocycles. The van der Waals surface area contributed by atoms with Gasteiger partial charge in [-0.25, -0.2) is 0 Å². The summed E-state index contributed by atoms with van der Waals surface area (Å²) in [7, 11) is 2.91. The lowest BCUT2D eigenvalue weighted by Crippen LogP contribution is -2.29. The molecule has 5 nitrogen and oxygen atoms in total. The number of halogens is 2. The molecule has 0 amide bonds. The van der Waals surface area contributed by atoms with Crippen LogP contribution in [0, 0.1) is 26.7 Å². The molecule has 0 saturated carbocycles. The van der Waals surface area contributed by atoms with Gasteiger partial charge in [0.05, 0.1) is 14.2 Å². The Morgan fingerprint density at radius 2 is 1.64 bits per heavy atom. The van der Waals surface area contributed by atoms with Gasteiger partial charge in [0.1, 0.15) is 17.4 Å². The zero-order valence-corrected chi connectivity index (χ0v) is 17.8. The fraction of sp³-hybridized carbons (Fsp3) is 0.333. The van der Waals surface area contributed by atoms with E-state index in [9.17, 15) is 4.79 Å². The van der Waals surface area contributed by atoms with E-state index in [0.29, 0.717) is 32.6 Å². The second-order valence-corrected chi connectivity index (χ2v) is 7.38. The number of benzene rings is 2. The number of carbonyl (C=O) groups excluding carboxylic acids is 1. The normalized spacial score (nSPS) is 18.5. The van der Waals surface area contributed by atoms with Crippen molar-refractivity contribution in [2.24, 2.45) is 11.1 Å². The van der Waals surface area contributed by atoms with Crippen molar-refractivity contribution in [1.29, 1.82) is 0 Å². The van der Waals surface area contributed by atoms with Gasteiger partial charge >= 0.3 is 5.97 Å². The van der Waals surface area contributed by atoms with E-state index >= 15 is 0 Å². The second-order valence-electron chi connectivity index (χ2n) is 6.62. The number of hydrogen-bond acceptors (Lipinski definition) is 5. The summed E-state index contributed by atoms with van der Waals surface area (Å²) < 4.78 is 10.5. The Kier molecular flexibility index (Phi) is 5.87. The fourth-order valence-corrected chi connectivity index (χ4v) is 4.05. The van der Waals surface area contributed by atoms with Crippen LogP contribution in [0.4, 0.5) is 0 Å². The van der Waals surface area contributed by atoms with Gasteiger partial charge in [0.15, 0.2) is 6.10 Å². The van der Waals surface area contributed by atoms with E-state index in [1.807, 2.05) is 39.0 Å². The number of rotatable bonds is 4. The molecule has 0 unspecified atom stereocenters. The standard InChI is InChI=1S/C21H21Cl2NO4/c1-10-15(11(2)18(23)12(3)17(10)22)19-16(21(25)27-5)20(28-24-19)13-8-6-7-9-14(13)26-4/h6-9,16,20H,1-5H3/t16-,20+/m1/s1. The molecule has 0 spiro atoms. The van der Waals surface area contributed by atoms with Crippen LogP contribution >= 0.6 is 23.2 Å². The highest BCUT2D eigenvalue weighted by molar-refractivity contribution is 6.38. The van der Waals surface area contributed by atoms with Crippen LogP contribution in [0.25, 0.3) is 0 Å². The second kappa shape index (κ2) is 8.02. The smallest absolute Gasteiger partial charge is 0.319 e. The third-order valence-corrected chi connectivity index (χ3v) is 6.22. The average molecular weight is 422 g/mol. The molecule has 148 valence electrons. The molecule has 0 aliphatic carbocycles. The van der Waals surface area contributed by atoms with Crippen LogP contribution in [0.15, 0.2) is 29.4 Å². The molecular weight excluding hydrogens is 401 g/mol. The molecule has 0 fully saturated rings. The van der Waals surface area contributed by atoms with Crippen molar-refractivity contribution < 1.29 is 19.1 Å². The molecule has 28 heavy (non-hydrogen) atoms. The monoisotopic (exact) mass is 421 g/mol. The SMILES string of the molecule is COC(=O)[C@@H]1C(c2c(C)c(Cl)c(C)c(Cl)c2C)=NO[C@H]1c1ccccc1OC. The van der Waals surface area contributed by atoms with Crippen LogP contribution in [-0.4, -0.2) is 25.9 Å². The number of methoxy groups -OCH3 is 2. The van der Waals surface area contributed by atoms with Crippen molar-refractivity contribution in [3.8, 4) is 5.75 Å². The summed E-state index contributed by atoms with van der Waals surface area (Å²) >= 11 is 13.0. The number of nitrogens with zero attached hydrogens (tertiary/aromatic N) is 1. The number of hydrogen-bond donors (Lipinski definition) is 0. The van der Waals surface area contributed by atoms with Crippen molar-refractivity contribution in [1.82, 2.24) is 0 Å². The van der Waals surface area contributed by atoms with Crippen LogP contribution in [0.3, 0.4) is 0 Å². The lowest BCUT2D eigenvalue weighted by molar-refractivity contribution is -0.146. The molecule has 1 heterocycles. The number of carbonyl (C=O) groups is 1. The highest BCUT2D eigenvalue weighted by atomic mass is 35.5. The van der Waals surface area contributed by atoms with Crippen molar-refractivity contribution >= 4 is 34.9 Å². The van der Waals surface area contributed by atoms with Gasteiger partial charge in [-0.05, 0) is 43.5 Å². The van der Waals surface area contributed by atoms with E-state index in [0.717, 1.165) is 16.7 Å². The lowest BCUT2D eigenvalue weighted by atomic mass is 9.84. The van der Waals surface area contributed by atoms with Gasteiger partial charge in [0, 0.05) is 21.2 Å². The first-order valence-corrected chi connectivity index (χ1v) is 9.48. The van der Waals surface area contributed by atoms with Gasteiger partial charge in [-0.2, -0.15) is 0 Å². The Labute approximate surface area is 174 Å². The summed E-state index contributed by atoms with van der Waals surface area (Å²) in [4.78, 5) is 18.5. The molecule has 1 aliphatic rings. The third kappa shape index (κ3) is 3.23. The Bertz CT molecular complexity index is 942. The zero-order valence-electron chi connectivity index (χ0n) is 16.3. The van der Waals surface area contributed by atoms with Crippen molar-refractivity contribution in [3.05, 3.63) is 62.1 Å². The third-order valence-electron chi connectivity index (χ3n) is 5.09. The Morgan fingerprint density at radius 3 is 2.21 bits per heavy atom. The molecule has 7 heteroatoms. The fourth-order valence-electron chi connectivity index (χ4n) is 3.62. The summed E-state index contributed by atoms with van der Waals surface area (Å²) in [6.07, 6.45) is -0.684. The largest absolute Gasteiger partial charge is 0.496 e. The van der Waals surface area contributed by atoms with Crippen LogP contribution < -0.4 is 4.74 Å². The van der Waals surface area contributed by atoms with Gasteiger partial charge in [0.2, 0.25) is 0 Å². The van der Waals surface area contributed by atoms with Crippen LogP contribution in [-0.2, 0) is 14.4 Å². The van der Waals surface area contributed by atoms with Crippen LogP contribution in [0.2, 0.25) is 10.0 Å². The minimum Gasteiger partial charge on any atom is -0.496 e. The highest BCUT2D eigenvalue weighted by Gasteiger charge is 2.45. The topological polar surface area (TPSA) is 57.1 Å². The van der Waals surface area contributed by atoms with Gasteiger partial charge in [0.25, 0.3) is 0 Å². The van der Waals surface area contributed by atoms with E-state index in [4.69, 9.17) is 37.5 Å². The number of oxime groups is 1. The molecule has 0 saturated heterocycles. The summed E-state index contributed by atoms with van der Waals surface area (Å²) in [5, 5.41) is 5.35. The van der Waals surface area contributed by atoms with Crippen LogP contribution in [0.5, 0.6) is 5.75 Å². The molecule has 2 aromatic rings. The predicted molar refractivity (Wildman–Crippen MR) is 110 cm³/mol. The molecule has 0 N–H and O–H groups in total. The lowest BCUT2D eigenvalue weighted by Gasteiger charge is -2.21. The molecule has 0 radical (unpaired) electrons. The first kappa shape index (κ1) is 20.5. The maximum atomic E-state index is 12.8. The summed E-state index contributed by atoms with van der Waals surface area (Å²) in [5.41, 5.74) is 4.22. The minimum atomic E-state index is -0.784. The molecule has 3 rings (SSSR count). The minimum absolute atomic E-state index is 0.446. The quantitative estimate of drug-likeness (QED) is 0.637. The zero-order chi connectivity index (χ0) is 20.6. The predicted octanol–water partition coefficient (Wildman–Crippen LogP) is 5.19. The maximum absolute atomic E-state index is 12.8. The Morgan fingerprint density at radius 1 is 1.04 bits per heavy atom. The van der Waals surface area contributed by atoms with Crippen molar-refractivity contribution in [3.63, 3.8) is 0 Å². The Hall–Kier alpha value is -2.24. The maximum Gasteiger partial charge on any atom is 0.319 e. The molecule has 2 atom stereocenters. The van der Waals surface area contributed by atoms with E-state index in [1.54, 1.807) is 13.2 Å². The van der Waals surface area contributed by atoms with Crippen molar-refractivity contribution in [2.75, 3.05) is 14.2 Å². The summed E-state index contributed by atoms with van der Waals surface area (Å²) in [5.74, 6) is -0.640. The first-order valence-electron chi connectivity index (χ1n) is 8.73. The van der Waals surface area contributed by atoms with Gasteiger partial charge in [-0.1, -0.05) is 46.6 Å². The first-order chi connectivity index (χ1) is 13.3. The van der Waals surface area contributed by atoms with E-state index in [-0.39, 0.29) is 0 Å². The molecule has 2 aromatic carbocycles. The van der Waals surface area contributed by atoms with Gasteiger partial charge < -0.3 is 14.3 Å². The molecular formula is C21H21Cl2NO4. The summed E-state index contributed by atoms with van der Waals surface area (Å²) in [6.45, 7) is 5.61. The Balaban J connectivity index is 2.17. The highest BCUT2D eigenvalue weighted by Crippen LogP contribution is 2.43. The van der Waals surface area contributed by atoms with Gasteiger partial charge in [-0.3, -0.25) is 4.79 Å². The van der Waals surface area contributed by atoms with E-state index < -0.39 is 18.0 Å². The molecule has 0 bridgehead atoms. The van der Waals surface area contributed by atoms with E-state index in [1.165, 1.54) is 7.11 Å². The number of esters is 1. The van der Waals surface area contributed by atoms with Crippen LogP contribution in [0.1, 0.15) is 33.9 Å². The number of para-hydroxylation sites is 1. The average Bonchev–Trinajstić information content (AvgIpc) is 3.14. The van der Waals surface area contributed by atoms with E-state index in [2.05, 4.69) is 5.16 Å². The summed E-state index contributed by atoms with van der Waals surface area (Å²) in [6, 6.07) is 7.34. The number of ether oxygens (including phenoxy) is 2. The van der Waals surface area contributed by atoms with Gasteiger partial charge in [-0.15, -0.1) is 0 Å². The molecule has 0 aromatic heterocycles. The van der Waals surface area contributed by atoms with Crippen molar-refractivity contribution in [2.45, 2.75) is 26.9 Å².